The molecule has 0 spiro atoms. The van der Waals surface area contributed by atoms with E-state index in [1.807, 2.05) is 30.3 Å². The fourth-order valence-corrected chi connectivity index (χ4v) is 4.27. The van der Waals surface area contributed by atoms with Crippen LogP contribution < -0.4 is 0 Å². The van der Waals surface area contributed by atoms with Gasteiger partial charge in [0.1, 0.15) is 6.10 Å². The third-order valence-corrected chi connectivity index (χ3v) is 5.15. The fraction of sp³-hybridized carbons (Fsp3) is 0.524. The standard InChI is InChI=1S/C21H30N2O7Si/c1-7-28-19(25)18(23-22)21(20(26)27-3,30-31(4,5)6)15(2)29-17(24)14-13-16-11-9-8-10-12-16/h8-12,15H,7,13-14H2,1-6H3. The normalized spacial score (nSPS) is 13.9. The van der Waals surface area contributed by atoms with Gasteiger partial charge in [-0.3, -0.25) is 4.79 Å². The number of carbonyl (C=O) groups is 3. The maximum atomic E-state index is 12.9. The SMILES string of the molecule is CCOC(=O)C(=[N+]=[N-])C(O[Si](C)(C)C)(C(=O)OC)C(C)OC(=O)CCc1ccccc1. The van der Waals surface area contributed by atoms with E-state index < -0.39 is 43.6 Å². The summed E-state index contributed by atoms with van der Waals surface area (Å²) >= 11 is 0. The molecule has 0 amide bonds. The monoisotopic (exact) mass is 450 g/mol. The van der Waals surface area contributed by atoms with Crippen molar-refractivity contribution in [3.8, 4) is 0 Å². The summed E-state index contributed by atoms with van der Waals surface area (Å²) in [5.41, 5.74) is 7.52. The van der Waals surface area contributed by atoms with E-state index in [2.05, 4.69) is 4.79 Å². The van der Waals surface area contributed by atoms with E-state index in [0.717, 1.165) is 12.7 Å². The van der Waals surface area contributed by atoms with Crippen LogP contribution in [0.2, 0.25) is 19.6 Å². The van der Waals surface area contributed by atoms with Crippen molar-refractivity contribution >= 4 is 31.9 Å². The lowest BCUT2D eigenvalue weighted by Gasteiger charge is -2.36. The van der Waals surface area contributed by atoms with Gasteiger partial charge >= 0.3 is 29.2 Å². The van der Waals surface area contributed by atoms with Crippen LogP contribution in [0.1, 0.15) is 25.8 Å². The van der Waals surface area contributed by atoms with Crippen molar-refractivity contribution in [2.45, 2.75) is 58.0 Å². The summed E-state index contributed by atoms with van der Waals surface area (Å²) < 4.78 is 21.3. The molecule has 10 heteroatoms. The molecule has 1 aromatic rings. The van der Waals surface area contributed by atoms with Crippen LogP contribution >= 0.6 is 0 Å². The average molecular weight is 451 g/mol. The number of hydrogen-bond donors (Lipinski definition) is 0. The lowest BCUT2D eigenvalue weighted by atomic mass is 9.91. The molecule has 0 radical (unpaired) electrons. The first-order valence-corrected chi connectivity index (χ1v) is 13.3. The highest BCUT2D eigenvalue weighted by molar-refractivity contribution is 6.70. The van der Waals surface area contributed by atoms with Gasteiger partial charge in [0.2, 0.25) is 0 Å². The second-order valence-electron chi connectivity index (χ2n) is 7.73. The number of aryl methyl sites for hydroxylation is 1. The van der Waals surface area contributed by atoms with Crippen LogP contribution in [0.15, 0.2) is 30.3 Å². The molecule has 0 fully saturated rings. The zero-order valence-electron chi connectivity index (χ0n) is 18.8. The van der Waals surface area contributed by atoms with Crippen LogP contribution in [0.3, 0.4) is 0 Å². The minimum atomic E-state index is -2.60. The minimum absolute atomic E-state index is 0.0313. The second kappa shape index (κ2) is 11.5. The van der Waals surface area contributed by atoms with Crippen molar-refractivity contribution < 1.29 is 37.8 Å². The van der Waals surface area contributed by atoms with Gasteiger partial charge in [-0.1, -0.05) is 30.3 Å². The first-order valence-electron chi connectivity index (χ1n) is 9.93. The molecule has 0 N–H and O–H groups in total. The Bertz CT molecular complexity index is 832. The van der Waals surface area contributed by atoms with E-state index in [-0.39, 0.29) is 13.0 Å². The Morgan fingerprint density at radius 3 is 2.26 bits per heavy atom. The van der Waals surface area contributed by atoms with Gasteiger partial charge in [-0.15, -0.1) is 0 Å². The zero-order valence-corrected chi connectivity index (χ0v) is 19.8. The summed E-state index contributed by atoms with van der Waals surface area (Å²) in [6, 6.07) is 9.34. The van der Waals surface area contributed by atoms with Gasteiger partial charge in [-0.2, -0.15) is 4.79 Å². The Morgan fingerprint density at radius 2 is 1.77 bits per heavy atom. The maximum Gasteiger partial charge on any atom is 0.421 e. The number of esters is 3. The Kier molecular flexibility index (Phi) is 9.76. The molecule has 170 valence electrons. The minimum Gasteiger partial charge on any atom is -0.466 e. The Balaban J connectivity index is 3.29. The Hall–Kier alpha value is -2.81. The third kappa shape index (κ3) is 7.13. The van der Waals surface area contributed by atoms with E-state index in [0.29, 0.717) is 6.42 Å². The molecule has 2 unspecified atom stereocenters. The van der Waals surface area contributed by atoms with Crippen molar-refractivity contribution in [2.24, 2.45) is 0 Å². The molecule has 0 saturated carbocycles. The fourth-order valence-electron chi connectivity index (χ4n) is 2.96. The lowest BCUT2D eigenvalue weighted by Crippen LogP contribution is -2.64. The van der Waals surface area contributed by atoms with Crippen molar-refractivity contribution in [3.05, 3.63) is 41.4 Å². The number of carbonyl (C=O) groups excluding carboxylic acids is 3. The molecule has 0 aliphatic carbocycles. The van der Waals surface area contributed by atoms with Crippen molar-refractivity contribution in [1.29, 1.82) is 0 Å². The van der Waals surface area contributed by atoms with Crippen LogP contribution in [0.25, 0.3) is 5.53 Å². The topological polar surface area (TPSA) is 125 Å². The maximum absolute atomic E-state index is 12.9. The smallest absolute Gasteiger partial charge is 0.421 e. The van der Waals surface area contributed by atoms with Crippen LogP contribution in [0.5, 0.6) is 0 Å². The lowest BCUT2D eigenvalue weighted by molar-refractivity contribution is -0.178. The molecule has 31 heavy (non-hydrogen) atoms. The van der Waals surface area contributed by atoms with Crippen LogP contribution in [-0.2, 0) is 39.4 Å². The van der Waals surface area contributed by atoms with Gasteiger partial charge in [-0.25, -0.2) is 9.59 Å². The number of methoxy groups -OCH3 is 1. The predicted molar refractivity (Wildman–Crippen MR) is 115 cm³/mol. The molecule has 0 heterocycles. The quantitative estimate of drug-likeness (QED) is 0.127. The number of nitrogens with zero attached hydrogens (tertiary/aromatic N) is 2. The zero-order chi connectivity index (χ0) is 23.7. The molecular formula is C21H30N2O7Si. The highest BCUT2D eigenvalue weighted by Gasteiger charge is 2.63. The first-order chi connectivity index (χ1) is 14.5. The molecule has 1 rings (SSSR count). The van der Waals surface area contributed by atoms with Crippen LogP contribution in [0.4, 0.5) is 0 Å². The molecule has 2 atom stereocenters. The summed E-state index contributed by atoms with van der Waals surface area (Å²) in [6.45, 7) is 8.17. The summed E-state index contributed by atoms with van der Waals surface area (Å²) in [5, 5.41) is 0. The highest BCUT2D eigenvalue weighted by Crippen LogP contribution is 2.28. The summed E-state index contributed by atoms with van der Waals surface area (Å²) in [5.74, 6) is -2.75. The highest BCUT2D eigenvalue weighted by atomic mass is 28.4. The van der Waals surface area contributed by atoms with Gasteiger partial charge in [0.15, 0.2) is 8.32 Å². The number of rotatable bonds is 11. The van der Waals surface area contributed by atoms with E-state index in [1.165, 1.54) is 6.92 Å². The summed E-state index contributed by atoms with van der Waals surface area (Å²) in [4.78, 5) is 40.9. The second-order valence-corrected chi connectivity index (χ2v) is 12.2. The van der Waals surface area contributed by atoms with Gasteiger partial charge in [-0.05, 0) is 45.5 Å². The summed E-state index contributed by atoms with van der Waals surface area (Å²) in [7, 11) is -1.50. The molecule has 0 saturated heterocycles. The van der Waals surface area contributed by atoms with Gasteiger partial charge in [0.25, 0.3) is 0 Å². The van der Waals surface area contributed by atoms with Crippen LogP contribution in [0, 0.1) is 0 Å². The molecule has 0 bridgehead atoms. The molecular weight excluding hydrogens is 420 g/mol. The largest absolute Gasteiger partial charge is 0.466 e. The number of benzene rings is 1. The molecule has 0 aromatic heterocycles. The predicted octanol–water partition coefficient (Wildman–Crippen LogP) is 2.55. The Labute approximate surface area is 183 Å². The van der Waals surface area contributed by atoms with Crippen molar-refractivity contribution in [1.82, 2.24) is 0 Å². The van der Waals surface area contributed by atoms with E-state index in [9.17, 15) is 19.9 Å². The van der Waals surface area contributed by atoms with E-state index in [1.54, 1.807) is 26.6 Å². The number of ether oxygens (including phenoxy) is 3. The Morgan fingerprint density at radius 1 is 1.16 bits per heavy atom. The molecule has 9 nitrogen and oxygen atoms in total. The first kappa shape index (κ1) is 26.2. The van der Waals surface area contributed by atoms with Crippen LogP contribution in [-0.4, -0.2) is 62.1 Å². The van der Waals surface area contributed by atoms with E-state index >= 15 is 0 Å². The van der Waals surface area contributed by atoms with Gasteiger partial charge < -0.3 is 24.2 Å². The molecule has 1 aromatic carbocycles. The summed E-state index contributed by atoms with van der Waals surface area (Å²) in [6.07, 6.45) is -0.889. The van der Waals surface area contributed by atoms with Crippen molar-refractivity contribution in [3.63, 3.8) is 0 Å². The van der Waals surface area contributed by atoms with Crippen molar-refractivity contribution in [2.75, 3.05) is 13.7 Å². The third-order valence-electron chi connectivity index (χ3n) is 4.22. The van der Waals surface area contributed by atoms with Gasteiger partial charge in [0.05, 0.1) is 13.7 Å². The molecule has 0 aliphatic heterocycles. The van der Waals surface area contributed by atoms with Gasteiger partial charge in [0, 0.05) is 6.42 Å². The van der Waals surface area contributed by atoms with E-state index in [4.69, 9.17) is 18.6 Å². The number of hydrogen-bond acceptors (Lipinski definition) is 7. The average Bonchev–Trinajstić information content (AvgIpc) is 2.71. The molecule has 0 aliphatic rings.